The molecule has 3 aromatic rings. The van der Waals surface area contributed by atoms with Crippen LogP contribution in [-0.2, 0) is 0 Å². The number of halogens is 1. The smallest absolute Gasteiger partial charge is 0.275 e. The molecule has 3 rings (SSSR count). The van der Waals surface area contributed by atoms with Crippen molar-refractivity contribution < 1.29 is 13.9 Å². The maximum Gasteiger partial charge on any atom is 0.275 e. The number of nitrogens with one attached hydrogen (secondary N) is 1. The summed E-state index contributed by atoms with van der Waals surface area (Å²) in [5.74, 6) is 0.900. The number of nitrogens with zero attached hydrogens (tertiary/aromatic N) is 1. The molecule has 0 bridgehead atoms. The van der Waals surface area contributed by atoms with Gasteiger partial charge in [-0.15, -0.1) is 11.3 Å². The van der Waals surface area contributed by atoms with Gasteiger partial charge in [-0.1, -0.05) is 11.6 Å². The van der Waals surface area contributed by atoms with Crippen molar-refractivity contribution in [2.24, 2.45) is 0 Å². The van der Waals surface area contributed by atoms with Crippen LogP contribution in [0.3, 0.4) is 0 Å². The average molecular weight is 349 g/mol. The van der Waals surface area contributed by atoms with E-state index in [0.29, 0.717) is 32.9 Å². The fourth-order valence-corrected chi connectivity index (χ4v) is 3.18. The molecule has 118 valence electrons. The summed E-state index contributed by atoms with van der Waals surface area (Å²) in [6.07, 6.45) is 1.57. The zero-order valence-electron chi connectivity index (χ0n) is 12.4. The van der Waals surface area contributed by atoms with E-state index in [1.54, 1.807) is 30.5 Å². The fourth-order valence-electron chi connectivity index (χ4n) is 2.05. The van der Waals surface area contributed by atoms with E-state index in [1.165, 1.54) is 18.4 Å². The molecular formula is C16H13ClN2O3S. The zero-order valence-corrected chi connectivity index (χ0v) is 14.0. The van der Waals surface area contributed by atoms with Gasteiger partial charge in [0.2, 0.25) is 0 Å². The fraction of sp³-hybridized carbons (Fsp3) is 0.125. The Bertz CT molecular complexity index is 843. The van der Waals surface area contributed by atoms with Crippen LogP contribution in [0.15, 0.2) is 41.0 Å². The molecule has 0 saturated heterocycles. The van der Waals surface area contributed by atoms with Crippen LogP contribution in [-0.4, -0.2) is 18.0 Å². The number of methoxy groups -OCH3 is 1. The first-order valence-corrected chi connectivity index (χ1v) is 7.94. The molecule has 1 aromatic carbocycles. The maximum atomic E-state index is 12.4. The molecule has 0 radical (unpaired) electrons. The summed E-state index contributed by atoms with van der Waals surface area (Å²) < 4.78 is 10.4. The number of benzene rings is 1. The second-order valence-electron chi connectivity index (χ2n) is 4.70. The van der Waals surface area contributed by atoms with E-state index in [1.807, 2.05) is 13.0 Å². The number of anilines is 1. The highest BCUT2D eigenvalue weighted by Gasteiger charge is 2.18. The van der Waals surface area contributed by atoms with Gasteiger partial charge in [-0.25, -0.2) is 4.98 Å². The number of furan rings is 1. The molecule has 0 unspecified atom stereocenters. The Hall–Kier alpha value is -2.31. The standard InChI is InChI=1S/C16H13ClN2O3S/c1-9-14(19-16(23-9)13-4-3-7-22-13)15(20)18-10-5-6-12(21-2)11(17)8-10/h3-8H,1-2H3,(H,18,20). The third-order valence-corrected chi connectivity index (χ3v) is 4.43. The molecule has 0 aliphatic heterocycles. The van der Waals surface area contributed by atoms with Gasteiger partial charge in [-0.05, 0) is 37.3 Å². The lowest BCUT2D eigenvalue weighted by atomic mass is 10.2. The first-order chi connectivity index (χ1) is 11.1. The summed E-state index contributed by atoms with van der Waals surface area (Å²) in [5.41, 5.74) is 0.945. The third-order valence-electron chi connectivity index (χ3n) is 3.15. The van der Waals surface area contributed by atoms with Crippen LogP contribution in [0.5, 0.6) is 5.75 Å². The van der Waals surface area contributed by atoms with Gasteiger partial charge < -0.3 is 14.5 Å². The Labute approximate surface area is 141 Å². The lowest BCUT2D eigenvalue weighted by Crippen LogP contribution is -2.13. The molecule has 0 fully saturated rings. The molecule has 0 spiro atoms. The van der Waals surface area contributed by atoms with Gasteiger partial charge in [-0.2, -0.15) is 0 Å². The Balaban J connectivity index is 1.82. The number of aryl methyl sites for hydroxylation is 1. The molecule has 0 aliphatic rings. The van der Waals surface area contributed by atoms with E-state index in [-0.39, 0.29) is 5.91 Å². The number of carbonyl (C=O) groups excluding carboxylic acids is 1. The van der Waals surface area contributed by atoms with Gasteiger partial charge >= 0.3 is 0 Å². The van der Waals surface area contributed by atoms with Crippen LogP contribution in [0, 0.1) is 6.92 Å². The number of amides is 1. The first kappa shape index (κ1) is 15.6. The molecule has 0 saturated carbocycles. The van der Waals surface area contributed by atoms with E-state index < -0.39 is 0 Å². The predicted octanol–water partition coefficient (Wildman–Crippen LogP) is 4.63. The number of hydrogen-bond donors (Lipinski definition) is 1. The summed E-state index contributed by atoms with van der Waals surface area (Å²) in [5, 5.41) is 3.88. The van der Waals surface area contributed by atoms with Crippen LogP contribution >= 0.6 is 22.9 Å². The minimum Gasteiger partial charge on any atom is -0.495 e. The summed E-state index contributed by atoms with van der Waals surface area (Å²) in [6.45, 7) is 1.85. The lowest BCUT2D eigenvalue weighted by molar-refractivity contribution is 0.102. The summed E-state index contributed by atoms with van der Waals surface area (Å²) >= 11 is 7.47. The summed E-state index contributed by atoms with van der Waals surface area (Å²) in [7, 11) is 1.54. The Morgan fingerprint density at radius 2 is 2.22 bits per heavy atom. The molecule has 7 heteroatoms. The van der Waals surface area contributed by atoms with E-state index in [4.69, 9.17) is 20.8 Å². The highest BCUT2D eigenvalue weighted by Crippen LogP contribution is 2.30. The van der Waals surface area contributed by atoms with E-state index in [2.05, 4.69) is 10.3 Å². The van der Waals surface area contributed by atoms with Crippen molar-refractivity contribution in [3.05, 3.63) is 52.2 Å². The first-order valence-electron chi connectivity index (χ1n) is 6.74. The van der Waals surface area contributed by atoms with Crippen LogP contribution in [0.2, 0.25) is 5.02 Å². The number of thiazole rings is 1. The van der Waals surface area contributed by atoms with Crippen LogP contribution < -0.4 is 10.1 Å². The van der Waals surface area contributed by atoms with E-state index in [0.717, 1.165) is 4.88 Å². The molecule has 2 aromatic heterocycles. The molecule has 23 heavy (non-hydrogen) atoms. The topological polar surface area (TPSA) is 64.4 Å². The van der Waals surface area contributed by atoms with Gasteiger partial charge in [0.15, 0.2) is 10.8 Å². The second-order valence-corrected chi connectivity index (χ2v) is 6.31. The van der Waals surface area contributed by atoms with E-state index >= 15 is 0 Å². The molecule has 2 heterocycles. The van der Waals surface area contributed by atoms with Gasteiger partial charge in [-0.3, -0.25) is 4.79 Å². The Morgan fingerprint density at radius 1 is 1.39 bits per heavy atom. The molecule has 5 nitrogen and oxygen atoms in total. The van der Waals surface area contributed by atoms with Crippen LogP contribution in [0.1, 0.15) is 15.4 Å². The molecular weight excluding hydrogens is 336 g/mol. The number of carbonyl (C=O) groups is 1. The minimum absolute atomic E-state index is 0.294. The van der Waals surface area contributed by atoms with Crippen molar-refractivity contribution in [1.29, 1.82) is 0 Å². The maximum absolute atomic E-state index is 12.4. The highest BCUT2D eigenvalue weighted by atomic mass is 35.5. The average Bonchev–Trinajstić information content (AvgIpc) is 3.16. The molecule has 0 atom stereocenters. The largest absolute Gasteiger partial charge is 0.495 e. The quantitative estimate of drug-likeness (QED) is 0.746. The molecule has 1 amide bonds. The van der Waals surface area contributed by atoms with Crippen molar-refractivity contribution >= 4 is 34.5 Å². The van der Waals surface area contributed by atoms with Crippen molar-refractivity contribution in [1.82, 2.24) is 4.98 Å². The minimum atomic E-state index is -0.294. The van der Waals surface area contributed by atoms with Gasteiger partial charge in [0.05, 0.1) is 18.4 Å². The summed E-state index contributed by atoms with van der Waals surface area (Å²) in [4.78, 5) is 17.6. The van der Waals surface area contributed by atoms with Crippen molar-refractivity contribution in [3.63, 3.8) is 0 Å². The Morgan fingerprint density at radius 3 is 2.87 bits per heavy atom. The Kier molecular flexibility index (Phi) is 4.36. The van der Waals surface area contributed by atoms with Crippen LogP contribution in [0.25, 0.3) is 10.8 Å². The van der Waals surface area contributed by atoms with Gasteiger partial charge in [0.25, 0.3) is 5.91 Å². The van der Waals surface area contributed by atoms with Gasteiger partial charge in [0, 0.05) is 10.6 Å². The summed E-state index contributed by atoms with van der Waals surface area (Å²) in [6, 6.07) is 8.64. The SMILES string of the molecule is COc1ccc(NC(=O)c2nc(-c3ccco3)sc2C)cc1Cl. The second kappa shape index (κ2) is 6.44. The molecule has 0 aliphatic carbocycles. The molecule has 1 N–H and O–H groups in total. The number of aromatic nitrogens is 1. The number of hydrogen-bond acceptors (Lipinski definition) is 5. The highest BCUT2D eigenvalue weighted by molar-refractivity contribution is 7.15. The third kappa shape index (κ3) is 3.23. The van der Waals surface area contributed by atoms with Crippen molar-refractivity contribution in [2.45, 2.75) is 6.92 Å². The zero-order chi connectivity index (χ0) is 16.4. The van der Waals surface area contributed by atoms with Crippen molar-refractivity contribution in [2.75, 3.05) is 12.4 Å². The number of rotatable bonds is 4. The van der Waals surface area contributed by atoms with Gasteiger partial charge in [0.1, 0.15) is 11.4 Å². The monoisotopic (exact) mass is 348 g/mol. The van der Waals surface area contributed by atoms with Crippen LogP contribution in [0.4, 0.5) is 5.69 Å². The van der Waals surface area contributed by atoms with E-state index in [9.17, 15) is 4.79 Å². The van der Waals surface area contributed by atoms with Crippen molar-refractivity contribution in [3.8, 4) is 16.5 Å². The number of ether oxygens (including phenoxy) is 1. The predicted molar refractivity (Wildman–Crippen MR) is 90.5 cm³/mol. The normalized spacial score (nSPS) is 10.6. The lowest BCUT2D eigenvalue weighted by Gasteiger charge is -2.07.